The fraction of sp³-hybridized carbons (Fsp3) is 0.500. The number of carbonyl (C=O) groups is 2. The van der Waals surface area contributed by atoms with Crippen LogP contribution in [0.5, 0.6) is 0 Å². The third-order valence-corrected chi connectivity index (χ3v) is 4.01. The number of hydrogen-bond acceptors (Lipinski definition) is 3. The van der Waals surface area contributed by atoms with Crippen LogP contribution in [-0.2, 0) is 11.2 Å². The van der Waals surface area contributed by atoms with Gasteiger partial charge in [-0.1, -0.05) is 12.1 Å². The van der Waals surface area contributed by atoms with E-state index in [1.54, 1.807) is 20.2 Å². The fourth-order valence-electron chi connectivity index (χ4n) is 2.41. The van der Waals surface area contributed by atoms with E-state index < -0.39 is 0 Å². The monoisotopic (exact) mass is 473 g/mol. The second-order valence-corrected chi connectivity index (χ2v) is 6.02. The van der Waals surface area contributed by atoms with Gasteiger partial charge >= 0.3 is 0 Å². The second kappa shape index (κ2) is 11.7. The number of rotatable bonds is 8. The van der Waals surface area contributed by atoms with E-state index in [1.165, 1.54) is 0 Å². The van der Waals surface area contributed by atoms with E-state index in [1.807, 2.05) is 18.2 Å². The molecule has 7 nitrogen and oxygen atoms in total. The Morgan fingerprint density at radius 2 is 1.81 bits per heavy atom. The molecule has 0 bridgehead atoms. The van der Waals surface area contributed by atoms with E-state index in [4.69, 9.17) is 0 Å². The average molecular weight is 473 g/mol. The smallest absolute Gasteiger partial charge is 0.251 e. The van der Waals surface area contributed by atoms with Crippen molar-refractivity contribution >= 4 is 41.8 Å². The van der Waals surface area contributed by atoms with E-state index in [-0.39, 0.29) is 41.7 Å². The van der Waals surface area contributed by atoms with Gasteiger partial charge in [0.15, 0.2) is 5.96 Å². The molecule has 0 atom stereocenters. The van der Waals surface area contributed by atoms with Crippen LogP contribution in [0.4, 0.5) is 0 Å². The number of benzene rings is 1. The van der Waals surface area contributed by atoms with Crippen LogP contribution in [0, 0.1) is 5.92 Å². The van der Waals surface area contributed by atoms with Crippen molar-refractivity contribution in [3.63, 3.8) is 0 Å². The van der Waals surface area contributed by atoms with Gasteiger partial charge in [-0.15, -0.1) is 24.0 Å². The van der Waals surface area contributed by atoms with E-state index in [0.29, 0.717) is 31.2 Å². The first-order valence-electron chi connectivity index (χ1n) is 8.67. The van der Waals surface area contributed by atoms with Crippen LogP contribution in [0.25, 0.3) is 0 Å². The Morgan fingerprint density at radius 3 is 2.46 bits per heavy atom. The van der Waals surface area contributed by atoms with Crippen molar-refractivity contribution in [3.8, 4) is 0 Å². The van der Waals surface area contributed by atoms with E-state index in [9.17, 15) is 9.59 Å². The topological polar surface area (TPSA) is 94.6 Å². The Kier molecular flexibility index (Phi) is 10.0. The SMILES string of the molecule is CN=C(NCCNC(=O)C1CC1)NCCc1cccc(C(=O)NC)c1.I. The molecule has 0 unspecified atom stereocenters. The lowest BCUT2D eigenvalue weighted by Gasteiger charge is -2.12. The van der Waals surface area contributed by atoms with Gasteiger partial charge in [0, 0.05) is 45.2 Å². The van der Waals surface area contributed by atoms with Crippen LogP contribution in [0.15, 0.2) is 29.3 Å². The van der Waals surface area contributed by atoms with Crippen LogP contribution in [0.3, 0.4) is 0 Å². The van der Waals surface area contributed by atoms with Crippen LogP contribution in [0.2, 0.25) is 0 Å². The molecule has 1 aliphatic rings. The van der Waals surface area contributed by atoms with Crippen molar-refractivity contribution in [1.82, 2.24) is 21.3 Å². The molecule has 1 aliphatic carbocycles. The number of carbonyl (C=O) groups excluding carboxylic acids is 2. The molecule has 0 radical (unpaired) electrons. The Morgan fingerprint density at radius 1 is 1.12 bits per heavy atom. The molecular weight excluding hydrogens is 445 g/mol. The molecule has 0 aliphatic heterocycles. The molecule has 0 heterocycles. The highest BCUT2D eigenvalue weighted by Crippen LogP contribution is 2.28. The first-order valence-corrected chi connectivity index (χ1v) is 8.67. The van der Waals surface area contributed by atoms with Crippen molar-refractivity contribution in [2.75, 3.05) is 33.7 Å². The first-order chi connectivity index (χ1) is 12.1. The molecular formula is C18H28IN5O2. The van der Waals surface area contributed by atoms with Crippen molar-refractivity contribution in [3.05, 3.63) is 35.4 Å². The van der Waals surface area contributed by atoms with Gasteiger partial charge in [0.05, 0.1) is 0 Å². The summed E-state index contributed by atoms with van der Waals surface area (Å²) >= 11 is 0. The lowest BCUT2D eigenvalue weighted by atomic mass is 10.1. The molecule has 0 saturated heterocycles. The molecule has 8 heteroatoms. The molecule has 2 rings (SSSR count). The molecule has 1 aromatic carbocycles. The third kappa shape index (κ3) is 7.59. The van der Waals surface area contributed by atoms with E-state index in [2.05, 4.69) is 26.3 Å². The van der Waals surface area contributed by atoms with Gasteiger partial charge in [0.25, 0.3) is 5.91 Å². The predicted octanol–water partition coefficient (Wildman–Crippen LogP) is 0.898. The molecule has 1 saturated carbocycles. The highest BCUT2D eigenvalue weighted by atomic mass is 127. The maximum Gasteiger partial charge on any atom is 0.251 e. The summed E-state index contributed by atoms with van der Waals surface area (Å²) in [6.07, 6.45) is 2.82. The molecule has 26 heavy (non-hydrogen) atoms. The number of guanidine groups is 1. The summed E-state index contributed by atoms with van der Waals surface area (Å²) in [5.41, 5.74) is 1.75. The Hall–Kier alpha value is -1.84. The van der Waals surface area contributed by atoms with Crippen molar-refractivity contribution in [1.29, 1.82) is 0 Å². The Bertz CT molecular complexity index is 632. The lowest BCUT2D eigenvalue weighted by Crippen LogP contribution is -2.42. The van der Waals surface area contributed by atoms with Crippen molar-refractivity contribution in [2.24, 2.45) is 10.9 Å². The van der Waals surface area contributed by atoms with Crippen LogP contribution >= 0.6 is 24.0 Å². The fourth-order valence-corrected chi connectivity index (χ4v) is 2.41. The summed E-state index contributed by atoms with van der Waals surface area (Å²) in [6, 6.07) is 7.57. The van der Waals surface area contributed by atoms with Gasteiger partial charge in [-0.2, -0.15) is 0 Å². The number of aliphatic imine (C=N–C) groups is 1. The zero-order valence-corrected chi connectivity index (χ0v) is 17.6. The minimum atomic E-state index is -0.0828. The zero-order valence-electron chi connectivity index (χ0n) is 15.3. The molecule has 1 aromatic rings. The summed E-state index contributed by atoms with van der Waals surface area (Å²) in [5.74, 6) is 1.01. The standard InChI is InChI=1S/C18H27N5O2.HI/c1-19-16(24)15-5-3-4-13(12-15)8-9-22-18(20-2)23-11-10-21-17(25)14-6-7-14;/h3-5,12,14H,6-11H2,1-2H3,(H,19,24)(H,21,25)(H2,20,22,23);1H. The van der Waals surface area contributed by atoms with Crippen LogP contribution in [0.1, 0.15) is 28.8 Å². The van der Waals surface area contributed by atoms with Crippen LogP contribution < -0.4 is 21.3 Å². The summed E-state index contributed by atoms with van der Waals surface area (Å²) in [6.45, 7) is 1.92. The van der Waals surface area contributed by atoms with E-state index in [0.717, 1.165) is 24.8 Å². The van der Waals surface area contributed by atoms with Gasteiger partial charge in [0.1, 0.15) is 0 Å². The molecule has 0 spiro atoms. The molecule has 0 aromatic heterocycles. The van der Waals surface area contributed by atoms with Gasteiger partial charge in [-0.3, -0.25) is 14.6 Å². The first kappa shape index (κ1) is 22.2. The number of amides is 2. The maximum absolute atomic E-state index is 11.6. The normalized spacial score (nSPS) is 13.4. The Balaban J connectivity index is 0.00000338. The van der Waals surface area contributed by atoms with Crippen molar-refractivity contribution < 1.29 is 9.59 Å². The van der Waals surface area contributed by atoms with Gasteiger partial charge < -0.3 is 21.3 Å². The quantitative estimate of drug-likeness (QED) is 0.195. The summed E-state index contributed by atoms with van der Waals surface area (Å²) in [7, 11) is 3.34. The maximum atomic E-state index is 11.6. The Labute approximate surface area is 171 Å². The minimum Gasteiger partial charge on any atom is -0.356 e. The number of hydrogen-bond donors (Lipinski definition) is 4. The summed E-state index contributed by atoms with van der Waals surface area (Å²) in [5, 5.41) is 11.9. The second-order valence-electron chi connectivity index (χ2n) is 6.02. The predicted molar refractivity (Wildman–Crippen MR) is 114 cm³/mol. The molecule has 2 amide bonds. The van der Waals surface area contributed by atoms with E-state index >= 15 is 0 Å². The zero-order chi connectivity index (χ0) is 18.1. The highest BCUT2D eigenvalue weighted by Gasteiger charge is 2.28. The number of nitrogens with one attached hydrogen (secondary N) is 4. The van der Waals surface area contributed by atoms with Crippen LogP contribution in [-0.4, -0.2) is 51.5 Å². The van der Waals surface area contributed by atoms with Gasteiger partial charge in [-0.25, -0.2) is 0 Å². The number of halogens is 1. The molecule has 4 N–H and O–H groups in total. The average Bonchev–Trinajstić information content (AvgIpc) is 3.48. The van der Waals surface area contributed by atoms with Crippen molar-refractivity contribution in [2.45, 2.75) is 19.3 Å². The highest BCUT2D eigenvalue weighted by molar-refractivity contribution is 14.0. The largest absolute Gasteiger partial charge is 0.356 e. The number of nitrogens with zero attached hydrogens (tertiary/aromatic N) is 1. The summed E-state index contributed by atoms with van der Waals surface area (Å²) in [4.78, 5) is 27.3. The van der Waals surface area contributed by atoms with Gasteiger partial charge in [0.2, 0.25) is 5.91 Å². The van der Waals surface area contributed by atoms with Gasteiger partial charge in [-0.05, 0) is 37.0 Å². The summed E-state index contributed by atoms with van der Waals surface area (Å²) < 4.78 is 0. The molecule has 144 valence electrons. The molecule has 1 fully saturated rings. The lowest BCUT2D eigenvalue weighted by molar-refractivity contribution is -0.122. The minimum absolute atomic E-state index is 0. The third-order valence-electron chi connectivity index (χ3n) is 4.01.